The Balaban J connectivity index is 2.45. The molecule has 0 aliphatic carbocycles. The number of methoxy groups -OCH3 is 1. The van der Waals surface area contributed by atoms with E-state index in [-0.39, 0.29) is 18.4 Å². The fourth-order valence-corrected chi connectivity index (χ4v) is 4.80. The van der Waals surface area contributed by atoms with Crippen LogP contribution < -0.4 is 14.4 Å². The van der Waals surface area contributed by atoms with Crippen molar-refractivity contribution < 1.29 is 22.7 Å². The third-order valence-electron chi connectivity index (χ3n) is 5.90. The number of carbonyl (C=O) groups is 2. The van der Waals surface area contributed by atoms with Gasteiger partial charge in [-0.3, -0.25) is 13.9 Å². The Morgan fingerprint density at radius 1 is 1.03 bits per heavy atom. The molecule has 0 saturated heterocycles. The summed E-state index contributed by atoms with van der Waals surface area (Å²) < 4.78 is 32.0. The van der Waals surface area contributed by atoms with Crippen LogP contribution in [-0.4, -0.2) is 57.6 Å². The number of hydrogen-bond acceptors (Lipinski definition) is 5. The minimum atomic E-state index is -3.77. The zero-order chi connectivity index (χ0) is 26.9. The van der Waals surface area contributed by atoms with E-state index in [4.69, 9.17) is 4.74 Å². The molecule has 0 aromatic heterocycles. The molecule has 9 heteroatoms. The Kier molecular flexibility index (Phi) is 10.8. The Morgan fingerprint density at radius 2 is 1.67 bits per heavy atom. The van der Waals surface area contributed by atoms with Crippen molar-refractivity contribution in [3.8, 4) is 5.75 Å². The molecule has 36 heavy (non-hydrogen) atoms. The summed E-state index contributed by atoms with van der Waals surface area (Å²) in [6.45, 7) is 8.01. The maximum atomic E-state index is 13.8. The number of benzene rings is 2. The summed E-state index contributed by atoms with van der Waals surface area (Å²) in [5.41, 5.74) is 2.09. The number of nitrogens with one attached hydrogen (secondary N) is 1. The summed E-state index contributed by atoms with van der Waals surface area (Å²) >= 11 is 0. The first kappa shape index (κ1) is 29.2. The average Bonchev–Trinajstić information content (AvgIpc) is 2.85. The van der Waals surface area contributed by atoms with Gasteiger partial charge in [0.05, 0.1) is 19.1 Å². The summed E-state index contributed by atoms with van der Waals surface area (Å²) in [6, 6.07) is 13.6. The first-order chi connectivity index (χ1) is 17.0. The van der Waals surface area contributed by atoms with Crippen molar-refractivity contribution in [3.05, 3.63) is 59.7 Å². The number of para-hydroxylation sites is 1. The van der Waals surface area contributed by atoms with E-state index < -0.39 is 28.5 Å². The van der Waals surface area contributed by atoms with Gasteiger partial charge in [0.1, 0.15) is 18.3 Å². The fraction of sp³-hybridized carbons (Fsp3) is 0.481. The Morgan fingerprint density at radius 3 is 2.19 bits per heavy atom. The molecule has 0 bridgehead atoms. The summed E-state index contributed by atoms with van der Waals surface area (Å²) in [5, 5.41) is 2.92. The number of ether oxygens (including phenoxy) is 1. The Bertz CT molecular complexity index is 1120. The molecule has 2 aromatic carbocycles. The quantitative estimate of drug-likeness (QED) is 0.438. The zero-order valence-electron chi connectivity index (χ0n) is 22.2. The lowest BCUT2D eigenvalue weighted by atomic mass is 10.1. The van der Waals surface area contributed by atoms with Crippen molar-refractivity contribution in [3.63, 3.8) is 0 Å². The molecule has 2 aromatic rings. The highest BCUT2D eigenvalue weighted by atomic mass is 32.2. The normalized spacial score (nSPS) is 12.2. The third kappa shape index (κ3) is 7.98. The molecule has 0 aliphatic rings. The number of rotatable bonds is 13. The predicted octanol–water partition coefficient (Wildman–Crippen LogP) is 3.60. The molecular formula is C27H39N3O5S. The van der Waals surface area contributed by atoms with Crippen LogP contribution in [0, 0.1) is 5.92 Å². The van der Waals surface area contributed by atoms with Crippen LogP contribution in [0.3, 0.4) is 0 Å². The number of hydrogen-bond donors (Lipinski definition) is 1. The standard InChI is InChI=1S/C27H39N3O5S/c1-7-22-11-9-10-12-25(22)30(36(6,33)34)19-26(31)29(18-21-13-15-23(35-5)16-14-21)24(8-2)27(32)28-17-20(3)4/h9-16,20,24H,7-8,17-19H2,1-6H3,(H,28,32). The van der Waals surface area contributed by atoms with Gasteiger partial charge in [0.2, 0.25) is 21.8 Å². The number of anilines is 1. The lowest BCUT2D eigenvalue weighted by Gasteiger charge is -2.33. The lowest BCUT2D eigenvalue weighted by Crippen LogP contribution is -2.52. The van der Waals surface area contributed by atoms with Crippen LogP contribution in [0.2, 0.25) is 0 Å². The number of sulfonamides is 1. The first-order valence-corrected chi connectivity index (χ1v) is 14.1. The van der Waals surface area contributed by atoms with Crippen LogP contribution in [0.25, 0.3) is 0 Å². The van der Waals surface area contributed by atoms with E-state index in [0.29, 0.717) is 30.8 Å². The molecule has 1 N–H and O–H groups in total. The van der Waals surface area contributed by atoms with Gasteiger partial charge in [0.15, 0.2) is 0 Å². The van der Waals surface area contributed by atoms with Crippen LogP contribution in [0.5, 0.6) is 5.75 Å². The van der Waals surface area contributed by atoms with Gasteiger partial charge in [-0.25, -0.2) is 8.42 Å². The maximum Gasteiger partial charge on any atom is 0.244 e. The van der Waals surface area contributed by atoms with Gasteiger partial charge in [-0.1, -0.05) is 58.0 Å². The summed E-state index contributed by atoms with van der Waals surface area (Å²) in [6.07, 6.45) is 2.09. The zero-order valence-corrected chi connectivity index (χ0v) is 23.0. The molecule has 0 radical (unpaired) electrons. The van der Waals surface area contributed by atoms with E-state index in [0.717, 1.165) is 21.7 Å². The highest BCUT2D eigenvalue weighted by Crippen LogP contribution is 2.24. The summed E-state index contributed by atoms with van der Waals surface area (Å²) in [4.78, 5) is 28.3. The maximum absolute atomic E-state index is 13.8. The SMILES string of the molecule is CCc1ccccc1N(CC(=O)N(Cc1ccc(OC)cc1)C(CC)C(=O)NCC(C)C)S(C)(=O)=O. The van der Waals surface area contributed by atoms with Crippen LogP contribution in [0.4, 0.5) is 5.69 Å². The molecule has 0 saturated carbocycles. The second-order valence-electron chi connectivity index (χ2n) is 9.18. The summed E-state index contributed by atoms with van der Waals surface area (Å²) in [7, 11) is -2.19. The lowest BCUT2D eigenvalue weighted by molar-refractivity contribution is -0.140. The first-order valence-electron chi connectivity index (χ1n) is 12.3. The number of nitrogens with zero attached hydrogens (tertiary/aromatic N) is 2. The van der Waals surface area contributed by atoms with E-state index in [9.17, 15) is 18.0 Å². The Labute approximate surface area is 215 Å². The van der Waals surface area contributed by atoms with E-state index in [1.54, 1.807) is 31.4 Å². The smallest absolute Gasteiger partial charge is 0.244 e. The average molecular weight is 518 g/mol. The van der Waals surface area contributed by atoms with Gasteiger partial charge in [-0.2, -0.15) is 0 Å². The molecule has 0 fully saturated rings. The van der Waals surface area contributed by atoms with E-state index in [1.165, 1.54) is 4.90 Å². The van der Waals surface area contributed by atoms with Crippen molar-refractivity contribution in [2.45, 2.75) is 53.1 Å². The highest BCUT2D eigenvalue weighted by Gasteiger charge is 2.32. The molecule has 2 amide bonds. The van der Waals surface area contributed by atoms with Crippen molar-refractivity contribution in [2.75, 3.05) is 30.8 Å². The highest BCUT2D eigenvalue weighted by molar-refractivity contribution is 7.92. The largest absolute Gasteiger partial charge is 0.497 e. The van der Waals surface area contributed by atoms with Gasteiger partial charge in [0, 0.05) is 13.1 Å². The minimum absolute atomic E-state index is 0.156. The van der Waals surface area contributed by atoms with Crippen LogP contribution in [0.15, 0.2) is 48.5 Å². The predicted molar refractivity (Wildman–Crippen MR) is 143 cm³/mol. The molecule has 0 spiro atoms. The molecule has 1 atom stereocenters. The van der Waals surface area contributed by atoms with Crippen molar-refractivity contribution >= 4 is 27.5 Å². The molecule has 198 valence electrons. The van der Waals surface area contributed by atoms with Gasteiger partial charge in [-0.15, -0.1) is 0 Å². The number of amides is 2. The second kappa shape index (κ2) is 13.3. The van der Waals surface area contributed by atoms with E-state index in [1.807, 2.05) is 52.0 Å². The molecule has 8 nitrogen and oxygen atoms in total. The van der Waals surface area contributed by atoms with Crippen LogP contribution in [-0.2, 0) is 32.6 Å². The molecule has 0 heterocycles. The second-order valence-corrected chi connectivity index (χ2v) is 11.1. The van der Waals surface area contributed by atoms with E-state index in [2.05, 4.69) is 5.32 Å². The molecular weight excluding hydrogens is 478 g/mol. The van der Waals surface area contributed by atoms with Crippen LogP contribution >= 0.6 is 0 Å². The number of carbonyl (C=O) groups excluding carboxylic acids is 2. The topological polar surface area (TPSA) is 96.0 Å². The molecule has 0 aliphatic heterocycles. The van der Waals surface area contributed by atoms with Crippen molar-refractivity contribution in [2.24, 2.45) is 5.92 Å². The minimum Gasteiger partial charge on any atom is -0.497 e. The van der Waals surface area contributed by atoms with Crippen molar-refractivity contribution in [1.82, 2.24) is 10.2 Å². The molecule has 1 unspecified atom stereocenters. The molecule has 2 rings (SSSR count). The monoisotopic (exact) mass is 517 g/mol. The third-order valence-corrected chi connectivity index (χ3v) is 7.03. The fourth-order valence-electron chi connectivity index (χ4n) is 3.92. The summed E-state index contributed by atoms with van der Waals surface area (Å²) in [5.74, 6) is 0.225. The van der Waals surface area contributed by atoms with Crippen LogP contribution in [0.1, 0.15) is 45.2 Å². The van der Waals surface area contributed by atoms with Crippen molar-refractivity contribution in [1.29, 1.82) is 0 Å². The van der Waals surface area contributed by atoms with Gasteiger partial charge in [-0.05, 0) is 48.1 Å². The Hall–Kier alpha value is -3.07. The van der Waals surface area contributed by atoms with Gasteiger partial charge >= 0.3 is 0 Å². The number of aryl methyl sites for hydroxylation is 1. The van der Waals surface area contributed by atoms with Gasteiger partial charge in [0.25, 0.3) is 0 Å². The van der Waals surface area contributed by atoms with Gasteiger partial charge < -0.3 is 15.0 Å². The van der Waals surface area contributed by atoms with E-state index >= 15 is 0 Å².